The number of hydrogen-bond acceptors (Lipinski definition) is 3. The molecule has 1 N–H and O–H groups in total. The molecule has 0 spiro atoms. The lowest BCUT2D eigenvalue weighted by molar-refractivity contribution is -0.109. The van der Waals surface area contributed by atoms with Crippen LogP contribution in [0.25, 0.3) is 0 Å². The van der Waals surface area contributed by atoms with Crippen molar-refractivity contribution in [3.05, 3.63) is 0 Å². The molecule has 2 nitrogen and oxygen atoms in total. The Labute approximate surface area is 83.8 Å². The molecule has 2 atom stereocenters. The number of carbonyl (C=O) groups is 1. The predicted molar refractivity (Wildman–Crippen MR) is 55.7 cm³/mol. The summed E-state index contributed by atoms with van der Waals surface area (Å²) in [6, 6.07) is 0. The smallest absolute Gasteiger partial charge is 0.185 e. The molecule has 0 amide bonds. The van der Waals surface area contributed by atoms with Crippen LogP contribution in [0.1, 0.15) is 19.8 Å². The maximum atomic E-state index is 10.8. The second-order valence-corrected chi connectivity index (χ2v) is 5.52. The van der Waals surface area contributed by atoms with Crippen LogP contribution < -0.4 is 5.32 Å². The molecule has 13 heavy (non-hydrogen) atoms. The molecule has 0 aromatic carbocycles. The summed E-state index contributed by atoms with van der Waals surface area (Å²) in [7, 11) is 0. The fraction of sp³-hybridized carbons (Fsp3) is 0.900. The molecule has 0 bridgehead atoms. The van der Waals surface area contributed by atoms with Crippen molar-refractivity contribution in [2.24, 2.45) is 17.8 Å². The van der Waals surface area contributed by atoms with Gasteiger partial charge in [-0.25, -0.2) is 0 Å². The molecule has 1 saturated heterocycles. The Bertz CT molecular complexity index is 195. The monoisotopic (exact) mass is 199 g/mol. The van der Waals surface area contributed by atoms with Gasteiger partial charge >= 0.3 is 0 Å². The highest BCUT2D eigenvalue weighted by molar-refractivity contribution is 8.13. The van der Waals surface area contributed by atoms with E-state index in [1.54, 1.807) is 6.92 Å². The molecule has 2 unspecified atom stereocenters. The summed E-state index contributed by atoms with van der Waals surface area (Å²) in [5.74, 6) is 3.70. The summed E-state index contributed by atoms with van der Waals surface area (Å²) in [5.41, 5.74) is 0. The lowest BCUT2D eigenvalue weighted by atomic mass is 10.0. The number of fused-ring (bicyclic) bond motifs is 1. The zero-order valence-corrected chi connectivity index (χ0v) is 8.90. The van der Waals surface area contributed by atoms with Crippen LogP contribution in [-0.4, -0.2) is 24.0 Å². The van der Waals surface area contributed by atoms with Crippen LogP contribution in [0.2, 0.25) is 0 Å². The van der Waals surface area contributed by atoms with Crippen molar-refractivity contribution in [1.29, 1.82) is 0 Å². The Morgan fingerprint density at radius 2 is 2.00 bits per heavy atom. The lowest BCUT2D eigenvalue weighted by Gasteiger charge is -2.08. The molecule has 2 aliphatic rings. The van der Waals surface area contributed by atoms with E-state index in [9.17, 15) is 4.79 Å². The fourth-order valence-corrected chi connectivity index (χ4v) is 3.41. The van der Waals surface area contributed by atoms with Gasteiger partial charge in [0.25, 0.3) is 0 Å². The highest BCUT2D eigenvalue weighted by Gasteiger charge is 2.36. The first kappa shape index (κ1) is 9.53. The van der Waals surface area contributed by atoms with Crippen LogP contribution in [0.4, 0.5) is 0 Å². The summed E-state index contributed by atoms with van der Waals surface area (Å²) in [6.07, 6.45) is 2.69. The molecule has 1 aliphatic carbocycles. The van der Waals surface area contributed by atoms with Gasteiger partial charge in [-0.1, -0.05) is 11.8 Å². The average Bonchev–Trinajstić information content (AvgIpc) is 2.58. The molecule has 74 valence electrons. The predicted octanol–water partition coefficient (Wildman–Crippen LogP) is 1.51. The van der Waals surface area contributed by atoms with Crippen molar-refractivity contribution in [2.45, 2.75) is 19.8 Å². The van der Waals surface area contributed by atoms with Crippen molar-refractivity contribution in [3.8, 4) is 0 Å². The normalized spacial score (nSPS) is 37.8. The van der Waals surface area contributed by atoms with E-state index < -0.39 is 0 Å². The lowest BCUT2D eigenvalue weighted by Crippen LogP contribution is -2.13. The molecule has 1 heterocycles. The fourth-order valence-electron chi connectivity index (χ4n) is 2.66. The maximum Gasteiger partial charge on any atom is 0.185 e. The molecule has 3 heteroatoms. The summed E-state index contributed by atoms with van der Waals surface area (Å²) >= 11 is 1.51. The minimum Gasteiger partial charge on any atom is -0.316 e. The van der Waals surface area contributed by atoms with Gasteiger partial charge in [0.2, 0.25) is 0 Å². The van der Waals surface area contributed by atoms with Gasteiger partial charge in [0.05, 0.1) is 0 Å². The van der Waals surface area contributed by atoms with Crippen LogP contribution >= 0.6 is 11.8 Å². The second kappa shape index (κ2) is 4.01. The van der Waals surface area contributed by atoms with E-state index in [1.807, 2.05) is 0 Å². The molecule has 1 aliphatic heterocycles. The molecule has 0 aromatic heterocycles. The van der Waals surface area contributed by atoms with Gasteiger partial charge in [-0.3, -0.25) is 4.79 Å². The minimum atomic E-state index is 0.273. The SMILES string of the molecule is CC(=O)SCC1CC2CNCC2C1. The van der Waals surface area contributed by atoms with Gasteiger partial charge in [-0.2, -0.15) is 0 Å². The number of nitrogens with one attached hydrogen (secondary N) is 1. The number of carbonyl (C=O) groups excluding carboxylic acids is 1. The van der Waals surface area contributed by atoms with Crippen molar-refractivity contribution < 1.29 is 4.79 Å². The summed E-state index contributed by atoms with van der Waals surface area (Å²) < 4.78 is 0. The highest BCUT2D eigenvalue weighted by atomic mass is 32.2. The summed E-state index contributed by atoms with van der Waals surface area (Å²) in [5, 5.41) is 3.71. The van der Waals surface area contributed by atoms with Gasteiger partial charge in [0.1, 0.15) is 0 Å². The second-order valence-electron chi connectivity index (χ2n) is 4.32. The third-order valence-corrected chi connectivity index (χ3v) is 4.32. The van der Waals surface area contributed by atoms with Crippen LogP contribution in [0.3, 0.4) is 0 Å². The van der Waals surface area contributed by atoms with E-state index in [4.69, 9.17) is 0 Å². The van der Waals surface area contributed by atoms with E-state index in [1.165, 1.54) is 37.7 Å². The van der Waals surface area contributed by atoms with Crippen molar-refractivity contribution in [2.75, 3.05) is 18.8 Å². The quantitative estimate of drug-likeness (QED) is 0.731. The zero-order chi connectivity index (χ0) is 9.26. The maximum absolute atomic E-state index is 10.8. The first-order valence-electron chi connectivity index (χ1n) is 5.10. The molecule has 0 radical (unpaired) electrons. The van der Waals surface area contributed by atoms with E-state index in [0.29, 0.717) is 0 Å². The molecule has 2 fully saturated rings. The van der Waals surface area contributed by atoms with Crippen LogP contribution in [0, 0.1) is 17.8 Å². The van der Waals surface area contributed by atoms with Crippen molar-refractivity contribution in [1.82, 2.24) is 5.32 Å². The van der Waals surface area contributed by atoms with Gasteiger partial charge in [-0.05, 0) is 43.7 Å². The van der Waals surface area contributed by atoms with E-state index in [-0.39, 0.29) is 5.12 Å². The van der Waals surface area contributed by atoms with E-state index in [2.05, 4.69) is 5.32 Å². The molecule has 0 aromatic rings. The zero-order valence-electron chi connectivity index (χ0n) is 8.08. The van der Waals surface area contributed by atoms with Crippen LogP contribution in [0.15, 0.2) is 0 Å². The van der Waals surface area contributed by atoms with E-state index in [0.717, 1.165) is 23.5 Å². The Kier molecular flexibility index (Phi) is 2.94. The summed E-state index contributed by atoms with van der Waals surface area (Å²) in [6.45, 7) is 4.10. The Balaban J connectivity index is 1.75. The Morgan fingerprint density at radius 1 is 1.38 bits per heavy atom. The molecular weight excluding hydrogens is 182 g/mol. The van der Waals surface area contributed by atoms with Gasteiger partial charge in [-0.15, -0.1) is 0 Å². The standard InChI is InChI=1S/C10H17NOS/c1-7(12)13-6-8-2-9-4-11-5-10(9)3-8/h8-11H,2-6H2,1H3. The summed E-state index contributed by atoms with van der Waals surface area (Å²) in [4.78, 5) is 10.8. The first-order chi connectivity index (χ1) is 6.25. The topological polar surface area (TPSA) is 29.1 Å². The highest BCUT2D eigenvalue weighted by Crippen LogP contribution is 2.39. The van der Waals surface area contributed by atoms with Crippen LogP contribution in [-0.2, 0) is 4.79 Å². The van der Waals surface area contributed by atoms with E-state index >= 15 is 0 Å². The third kappa shape index (κ3) is 2.26. The number of hydrogen-bond donors (Lipinski definition) is 1. The minimum absolute atomic E-state index is 0.273. The van der Waals surface area contributed by atoms with Crippen molar-refractivity contribution in [3.63, 3.8) is 0 Å². The Hall–Kier alpha value is -0.0200. The number of thioether (sulfide) groups is 1. The average molecular weight is 199 g/mol. The largest absolute Gasteiger partial charge is 0.316 e. The molecule has 2 rings (SSSR count). The van der Waals surface area contributed by atoms with Crippen molar-refractivity contribution >= 4 is 16.9 Å². The first-order valence-corrected chi connectivity index (χ1v) is 6.08. The Morgan fingerprint density at radius 3 is 2.54 bits per heavy atom. The number of rotatable bonds is 2. The van der Waals surface area contributed by atoms with Gasteiger partial charge < -0.3 is 5.32 Å². The van der Waals surface area contributed by atoms with Crippen LogP contribution in [0.5, 0.6) is 0 Å². The molecule has 1 saturated carbocycles. The molecular formula is C10H17NOS. The third-order valence-electron chi connectivity index (χ3n) is 3.27. The van der Waals surface area contributed by atoms with Gasteiger partial charge in [0.15, 0.2) is 5.12 Å². The van der Waals surface area contributed by atoms with Gasteiger partial charge in [0, 0.05) is 12.7 Å².